The Morgan fingerprint density at radius 2 is 2.22 bits per heavy atom. The normalized spacial score (nSPS) is 10.6. The number of carbonyl (C=O) groups is 1. The average Bonchev–Trinajstić information content (AvgIpc) is 2.75. The third-order valence-electron chi connectivity index (χ3n) is 2.94. The lowest BCUT2D eigenvalue weighted by Crippen LogP contribution is -2.06. The fraction of sp³-hybridized carbons (Fsp3) is 0.308. The van der Waals surface area contributed by atoms with Crippen molar-refractivity contribution in [3.8, 4) is 11.4 Å². The highest BCUT2D eigenvalue weighted by Crippen LogP contribution is 2.23. The topological polar surface area (TPSA) is 68.0 Å². The molecule has 2 aromatic rings. The first-order valence-electron chi connectivity index (χ1n) is 5.76. The van der Waals surface area contributed by atoms with Crippen LogP contribution in [0.4, 0.5) is 0 Å². The van der Waals surface area contributed by atoms with E-state index in [0.717, 1.165) is 17.5 Å². The first-order valence-corrected chi connectivity index (χ1v) is 5.76. The van der Waals surface area contributed by atoms with Crippen LogP contribution in [0.25, 0.3) is 11.4 Å². The molecule has 0 atom stereocenters. The molecular weight excluding hydrogens is 230 g/mol. The molecule has 0 saturated heterocycles. The van der Waals surface area contributed by atoms with Crippen LogP contribution in [0.15, 0.2) is 18.3 Å². The number of aromatic nitrogens is 3. The minimum absolute atomic E-state index is 0.0677. The molecule has 5 heteroatoms. The zero-order valence-electron chi connectivity index (χ0n) is 10.6. The van der Waals surface area contributed by atoms with Crippen LogP contribution in [-0.4, -0.2) is 25.8 Å². The van der Waals surface area contributed by atoms with E-state index in [0.29, 0.717) is 11.4 Å². The molecule has 0 aromatic carbocycles. The van der Waals surface area contributed by atoms with Crippen LogP contribution < -0.4 is 0 Å². The van der Waals surface area contributed by atoms with E-state index in [9.17, 15) is 4.79 Å². The first-order chi connectivity index (χ1) is 8.52. The van der Waals surface area contributed by atoms with E-state index in [1.807, 2.05) is 33.2 Å². The average molecular weight is 245 g/mol. The zero-order chi connectivity index (χ0) is 13.3. The van der Waals surface area contributed by atoms with Gasteiger partial charge in [0.05, 0.1) is 5.69 Å². The quantitative estimate of drug-likeness (QED) is 0.898. The molecule has 0 aliphatic heterocycles. The minimum atomic E-state index is -1.01. The predicted octanol–water partition coefficient (Wildman–Crippen LogP) is 2.05. The highest BCUT2D eigenvalue weighted by atomic mass is 16.4. The molecule has 0 radical (unpaired) electrons. The molecule has 2 aromatic heterocycles. The molecule has 0 spiro atoms. The number of carboxylic acid groups (broad SMARTS) is 1. The molecule has 1 N–H and O–H groups in total. The molecule has 0 unspecified atom stereocenters. The first kappa shape index (κ1) is 12.3. The molecule has 0 saturated carbocycles. The molecule has 0 aliphatic carbocycles. The Morgan fingerprint density at radius 1 is 1.50 bits per heavy atom. The molecule has 18 heavy (non-hydrogen) atoms. The van der Waals surface area contributed by atoms with Crippen LogP contribution in [0.2, 0.25) is 0 Å². The van der Waals surface area contributed by atoms with Crippen LogP contribution in [0, 0.1) is 6.92 Å². The largest absolute Gasteiger partial charge is 0.477 e. The van der Waals surface area contributed by atoms with Crippen molar-refractivity contribution < 1.29 is 9.90 Å². The maximum Gasteiger partial charge on any atom is 0.354 e. The summed E-state index contributed by atoms with van der Waals surface area (Å²) in [4.78, 5) is 15.3. The fourth-order valence-corrected chi connectivity index (χ4v) is 1.93. The van der Waals surface area contributed by atoms with Gasteiger partial charge in [-0.15, -0.1) is 0 Å². The van der Waals surface area contributed by atoms with Gasteiger partial charge < -0.3 is 5.11 Å². The van der Waals surface area contributed by atoms with E-state index in [2.05, 4.69) is 10.1 Å². The van der Waals surface area contributed by atoms with Crippen LogP contribution in [-0.2, 0) is 13.5 Å². The van der Waals surface area contributed by atoms with Crippen LogP contribution in [0.5, 0.6) is 0 Å². The van der Waals surface area contributed by atoms with Gasteiger partial charge in [0.15, 0.2) is 0 Å². The number of rotatable bonds is 3. The van der Waals surface area contributed by atoms with Gasteiger partial charge >= 0.3 is 5.97 Å². The lowest BCUT2D eigenvalue weighted by atomic mass is 10.0. The Balaban J connectivity index is 2.65. The van der Waals surface area contributed by atoms with Crippen LogP contribution in [0.3, 0.4) is 0 Å². The summed E-state index contributed by atoms with van der Waals surface area (Å²) in [6.45, 7) is 3.94. The number of carboxylic acids is 1. The Kier molecular flexibility index (Phi) is 3.14. The fourth-order valence-electron chi connectivity index (χ4n) is 1.93. The van der Waals surface area contributed by atoms with Gasteiger partial charge in [-0.3, -0.25) is 4.68 Å². The highest BCUT2D eigenvalue weighted by molar-refractivity contribution is 5.86. The minimum Gasteiger partial charge on any atom is -0.477 e. The summed E-state index contributed by atoms with van der Waals surface area (Å²) in [6.07, 6.45) is 2.59. The van der Waals surface area contributed by atoms with Crippen molar-refractivity contribution in [2.45, 2.75) is 20.3 Å². The Labute approximate surface area is 105 Å². The summed E-state index contributed by atoms with van der Waals surface area (Å²) in [7, 11) is 1.82. The van der Waals surface area contributed by atoms with E-state index >= 15 is 0 Å². The van der Waals surface area contributed by atoms with Gasteiger partial charge in [-0.2, -0.15) is 5.10 Å². The van der Waals surface area contributed by atoms with Crippen molar-refractivity contribution in [1.82, 2.24) is 14.8 Å². The number of hydrogen-bond donors (Lipinski definition) is 1. The number of aryl methyl sites for hydroxylation is 2. The molecule has 0 fully saturated rings. The lowest BCUT2D eigenvalue weighted by Gasteiger charge is -2.09. The standard InChI is InChI=1S/C13H15N3O2/c1-4-9-7-11(13(17)18)14-12(8(9)2)10-5-6-16(3)15-10/h5-7H,4H2,1-3H3,(H,17,18). The van der Waals surface area contributed by atoms with Crippen molar-refractivity contribution in [3.05, 3.63) is 35.2 Å². The van der Waals surface area contributed by atoms with Gasteiger partial charge in [-0.25, -0.2) is 9.78 Å². The maximum absolute atomic E-state index is 11.1. The summed E-state index contributed by atoms with van der Waals surface area (Å²) in [6, 6.07) is 3.46. The molecule has 0 bridgehead atoms. The zero-order valence-corrected chi connectivity index (χ0v) is 10.6. The number of pyridine rings is 1. The van der Waals surface area contributed by atoms with Crippen molar-refractivity contribution in [2.75, 3.05) is 0 Å². The predicted molar refractivity (Wildman–Crippen MR) is 67.5 cm³/mol. The van der Waals surface area contributed by atoms with Gasteiger partial charge in [0.25, 0.3) is 0 Å². The van der Waals surface area contributed by atoms with E-state index in [4.69, 9.17) is 5.11 Å². The third-order valence-corrected chi connectivity index (χ3v) is 2.94. The van der Waals surface area contributed by atoms with Crippen molar-refractivity contribution in [1.29, 1.82) is 0 Å². The molecule has 94 valence electrons. The molecule has 0 amide bonds. The Morgan fingerprint density at radius 3 is 2.72 bits per heavy atom. The SMILES string of the molecule is CCc1cc(C(=O)O)nc(-c2ccn(C)n2)c1C. The van der Waals surface area contributed by atoms with Crippen LogP contribution in [0.1, 0.15) is 28.5 Å². The Hall–Kier alpha value is -2.17. The van der Waals surface area contributed by atoms with Crippen molar-refractivity contribution in [2.24, 2.45) is 7.05 Å². The second-order valence-corrected chi connectivity index (χ2v) is 4.17. The molecular formula is C13H15N3O2. The summed E-state index contributed by atoms with van der Waals surface area (Å²) < 4.78 is 1.68. The Bertz CT molecular complexity index is 602. The van der Waals surface area contributed by atoms with E-state index < -0.39 is 5.97 Å². The summed E-state index contributed by atoms with van der Waals surface area (Å²) in [5, 5.41) is 13.4. The van der Waals surface area contributed by atoms with E-state index in [1.165, 1.54) is 0 Å². The number of hydrogen-bond acceptors (Lipinski definition) is 3. The summed E-state index contributed by atoms with van der Waals surface area (Å²) in [5.74, 6) is -1.01. The van der Waals surface area contributed by atoms with Gasteiger partial charge in [-0.1, -0.05) is 6.92 Å². The summed E-state index contributed by atoms with van der Waals surface area (Å²) in [5.41, 5.74) is 3.39. The van der Waals surface area contributed by atoms with E-state index in [1.54, 1.807) is 10.7 Å². The summed E-state index contributed by atoms with van der Waals surface area (Å²) >= 11 is 0. The molecule has 5 nitrogen and oxygen atoms in total. The van der Waals surface area contributed by atoms with Gasteiger partial charge in [0, 0.05) is 13.2 Å². The van der Waals surface area contributed by atoms with Crippen molar-refractivity contribution >= 4 is 5.97 Å². The van der Waals surface area contributed by atoms with Gasteiger partial charge in [0.1, 0.15) is 11.4 Å². The second-order valence-electron chi connectivity index (χ2n) is 4.17. The highest BCUT2D eigenvalue weighted by Gasteiger charge is 2.15. The lowest BCUT2D eigenvalue weighted by molar-refractivity contribution is 0.0690. The third kappa shape index (κ3) is 2.11. The maximum atomic E-state index is 11.1. The number of nitrogens with zero attached hydrogens (tertiary/aromatic N) is 3. The van der Waals surface area contributed by atoms with Gasteiger partial charge in [0.2, 0.25) is 0 Å². The van der Waals surface area contributed by atoms with Gasteiger partial charge in [-0.05, 0) is 36.6 Å². The monoisotopic (exact) mass is 245 g/mol. The van der Waals surface area contributed by atoms with E-state index in [-0.39, 0.29) is 5.69 Å². The molecule has 0 aliphatic rings. The van der Waals surface area contributed by atoms with Crippen molar-refractivity contribution in [3.63, 3.8) is 0 Å². The molecule has 2 heterocycles. The smallest absolute Gasteiger partial charge is 0.354 e. The number of aromatic carboxylic acids is 1. The van der Waals surface area contributed by atoms with Crippen LogP contribution >= 0.6 is 0 Å². The molecule has 2 rings (SSSR count). The second kappa shape index (κ2) is 4.60.